The predicted molar refractivity (Wildman–Crippen MR) is 83.3 cm³/mol. The van der Waals surface area contributed by atoms with Gasteiger partial charge in [0.25, 0.3) is 5.91 Å². The molecule has 20 heavy (non-hydrogen) atoms. The van der Waals surface area contributed by atoms with E-state index in [4.69, 9.17) is 4.74 Å². The van der Waals surface area contributed by atoms with Gasteiger partial charge in [-0.25, -0.2) is 0 Å². The van der Waals surface area contributed by atoms with Gasteiger partial charge < -0.3 is 15.0 Å². The van der Waals surface area contributed by atoms with Crippen LogP contribution in [-0.2, 0) is 9.53 Å². The number of carbonyl (C=O) groups excluding carboxylic acids is 1. The highest BCUT2D eigenvalue weighted by Gasteiger charge is 2.32. The Morgan fingerprint density at radius 2 is 2.15 bits per heavy atom. The molecule has 0 saturated carbocycles. The van der Waals surface area contributed by atoms with Gasteiger partial charge in [0.15, 0.2) is 0 Å². The van der Waals surface area contributed by atoms with Crippen molar-refractivity contribution in [2.24, 2.45) is 5.92 Å². The average Bonchev–Trinajstić information content (AvgIpc) is 2.64. The van der Waals surface area contributed by atoms with Gasteiger partial charge in [0.1, 0.15) is 6.10 Å². The number of halogens is 1. The number of likely N-dealkylation sites (tertiary alicyclic amines) is 1. The molecule has 2 unspecified atom stereocenters. The molecule has 2 saturated heterocycles. The van der Waals surface area contributed by atoms with Crippen LogP contribution in [0, 0.1) is 5.92 Å². The minimum Gasteiger partial charge on any atom is -0.366 e. The van der Waals surface area contributed by atoms with Crippen LogP contribution in [0.2, 0.25) is 0 Å². The first-order chi connectivity index (χ1) is 9.18. The van der Waals surface area contributed by atoms with Crippen molar-refractivity contribution in [1.29, 1.82) is 0 Å². The van der Waals surface area contributed by atoms with Gasteiger partial charge in [-0.3, -0.25) is 4.79 Å². The van der Waals surface area contributed by atoms with Crippen molar-refractivity contribution in [3.8, 4) is 0 Å². The quantitative estimate of drug-likeness (QED) is 0.869. The van der Waals surface area contributed by atoms with Gasteiger partial charge in [-0.2, -0.15) is 0 Å². The SMILES string of the molecule is CC(C)CC1CCCCCN1C(=O)C1CNCCO1.Cl. The van der Waals surface area contributed by atoms with Gasteiger partial charge in [0.05, 0.1) is 6.61 Å². The Balaban J connectivity index is 0.00000200. The summed E-state index contributed by atoms with van der Waals surface area (Å²) in [7, 11) is 0. The Labute approximate surface area is 129 Å². The van der Waals surface area contributed by atoms with Crippen molar-refractivity contribution < 1.29 is 9.53 Å². The maximum Gasteiger partial charge on any atom is 0.253 e. The molecular weight excluding hydrogens is 276 g/mol. The van der Waals surface area contributed by atoms with Crippen molar-refractivity contribution in [2.45, 2.75) is 58.1 Å². The Morgan fingerprint density at radius 3 is 2.80 bits per heavy atom. The van der Waals surface area contributed by atoms with E-state index < -0.39 is 0 Å². The zero-order valence-corrected chi connectivity index (χ0v) is 13.6. The van der Waals surface area contributed by atoms with Gasteiger partial charge in [0, 0.05) is 25.7 Å². The fraction of sp³-hybridized carbons (Fsp3) is 0.933. The molecule has 2 rings (SSSR count). The van der Waals surface area contributed by atoms with E-state index in [1.54, 1.807) is 0 Å². The summed E-state index contributed by atoms with van der Waals surface area (Å²) in [5.41, 5.74) is 0. The largest absolute Gasteiger partial charge is 0.366 e. The van der Waals surface area contributed by atoms with E-state index in [0.717, 1.165) is 32.4 Å². The fourth-order valence-corrected chi connectivity index (χ4v) is 3.17. The molecule has 5 heteroatoms. The number of morpholine rings is 1. The molecule has 2 fully saturated rings. The molecule has 2 aliphatic rings. The third-order valence-electron chi connectivity index (χ3n) is 4.11. The van der Waals surface area contributed by atoms with E-state index in [0.29, 0.717) is 25.1 Å². The molecule has 0 aromatic carbocycles. The molecular formula is C15H29ClN2O2. The van der Waals surface area contributed by atoms with Crippen LogP contribution in [0.15, 0.2) is 0 Å². The minimum absolute atomic E-state index is 0. The van der Waals surface area contributed by atoms with Crippen LogP contribution in [0.3, 0.4) is 0 Å². The van der Waals surface area contributed by atoms with E-state index in [9.17, 15) is 4.79 Å². The summed E-state index contributed by atoms with van der Waals surface area (Å²) >= 11 is 0. The Bertz CT molecular complexity index is 294. The number of nitrogens with zero attached hydrogens (tertiary/aromatic N) is 1. The molecule has 0 radical (unpaired) electrons. The summed E-state index contributed by atoms with van der Waals surface area (Å²) in [6, 6.07) is 0.417. The number of rotatable bonds is 3. The molecule has 2 atom stereocenters. The normalized spacial score (nSPS) is 27.9. The second kappa shape index (κ2) is 8.85. The van der Waals surface area contributed by atoms with Crippen molar-refractivity contribution in [2.75, 3.05) is 26.2 Å². The molecule has 118 valence electrons. The lowest BCUT2D eigenvalue weighted by Gasteiger charge is -2.35. The molecule has 0 aromatic rings. The maximum absolute atomic E-state index is 12.7. The van der Waals surface area contributed by atoms with Crippen LogP contribution in [0.4, 0.5) is 0 Å². The lowest BCUT2D eigenvalue weighted by Crippen LogP contribution is -2.52. The number of amides is 1. The zero-order valence-electron chi connectivity index (χ0n) is 12.8. The molecule has 0 spiro atoms. The number of hydrogen-bond acceptors (Lipinski definition) is 3. The van der Waals surface area contributed by atoms with Gasteiger partial charge in [0.2, 0.25) is 0 Å². The average molecular weight is 305 g/mol. The second-order valence-corrected chi connectivity index (χ2v) is 6.23. The highest BCUT2D eigenvalue weighted by molar-refractivity contribution is 5.85. The summed E-state index contributed by atoms with van der Waals surface area (Å²) < 4.78 is 5.63. The number of nitrogens with one attached hydrogen (secondary N) is 1. The first-order valence-corrected chi connectivity index (χ1v) is 7.81. The molecule has 0 bridgehead atoms. The van der Waals surface area contributed by atoms with Crippen molar-refractivity contribution in [3.05, 3.63) is 0 Å². The monoisotopic (exact) mass is 304 g/mol. The summed E-state index contributed by atoms with van der Waals surface area (Å²) in [5, 5.41) is 3.25. The third kappa shape index (κ3) is 4.90. The Kier molecular flexibility index (Phi) is 7.85. The molecule has 4 nitrogen and oxygen atoms in total. The van der Waals surface area contributed by atoms with Gasteiger partial charge >= 0.3 is 0 Å². The van der Waals surface area contributed by atoms with Crippen LogP contribution >= 0.6 is 12.4 Å². The molecule has 0 aromatic heterocycles. The van der Waals surface area contributed by atoms with E-state index in [2.05, 4.69) is 24.1 Å². The Morgan fingerprint density at radius 1 is 1.35 bits per heavy atom. The van der Waals surface area contributed by atoms with Crippen molar-refractivity contribution in [1.82, 2.24) is 10.2 Å². The van der Waals surface area contributed by atoms with Gasteiger partial charge in [-0.1, -0.05) is 26.7 Å². The summed E-state index contributed by atoms with van der Waals surface area (Å²) in [4.78, 5) is 14.8. The highest BCUT2D eigenvalue weighted by Crippen LogP contribution is 2.23. The smallest absolute Gasteiger partial charge is 0.253 e. The predicted octanol–water partition coefficient (Wildman–Crippen LogP) is 2.21. The van der Waals surface area contributed by atoms with Crippen LogP contribution in [0.5, 0.6) is 0 Å². The molecule has 2 heterocycles. The van der Waals surface area contributed by atoms with Crippen molar-refractivity contribution in [3.63, 3.8) is 0 Å². The Hall–Kier alpha value is -0.320. The number of carbonyl (C=O) groups is 1. The molecule has 1 N–H and O–H groups in total. The van der Waals surface area contributed by atoms with Crippen molar-refractivity contribution >= 4 is 18.3 Å². The van der Waals surface area contributed by atoms with Gasteiger partial charge in [-0.05, 0) is 25.2 Å². The van der Waals surface area contributed by atoms with E-state index in [1.165, 1.54) is 12.8 Å². The van der Waals surface area contributed by atoms with E-state index >= 15 is 0 Å². The van der Waals surface area contributed by atoms with E-state index in [1.807, 2.05) is 0 Å². The number of ether oxygens (including phenoxy) is 1. The molecule has 2 aliphatic heterocycles. The second-order valence-electron chi connectivity index (χ2n) is 6.23. The highest BCUT2D eigenvalue weighted by atomic mass is 35.5. The van der Waals surface area contributed by atoms with Crippen LogP contribution in [-0.4, -0.2) is 49.2 Å². The zero-order chi connectivity index (χ0) is 13.7. The third-order valence-corrected chi connectivity index (χ3v) is 4.11. The molecule has 1 amide bonds. The van der Waals surface area contributed by atoms with Gasteiger partial charge in [-0.15, -0.1) is 12.4 Å². The first kappa shape index (κ1) is 17.7. The topological polar surface area (TPSA) is 41.6 Å². The lowest BCUT2D eigenvalue weighted by atomic mass is 9.98. The van der Waals surface area contributed by atoms with E-state index in [-0.39, 0.29) is 24.4 Å². The van der Waals surface area contributed by atoms with Crippen LogP contribution in [0.1, 0.15) is 46.0 Å². The van der Waals surface area contributed by atoms with Crippen LogP contribution in [0.25, 0.3) is 0 Å². The number of hydrogen-bond donors (Lipinski definition) is 1. The lowest BCUT2D eigenvalue weighted by molar-refractivity contribution is -0.147. The summed E-state index contributed by atoms with van der Waals surface area (Å²) in [6.07, 6.45) is 5.66. The standard InChI is InChI=1S/C15H28N2O2.ClH/c1-12(2)10-13-6-4-3-5-8-17(13)15(18)14-11-16-7-9-19-14;/h12-14,16H,3-11H2,1-2H3;1H. The fourth-order valence-electron chi connectivity index (χ4n) is 3.17. The van der Waals surface area contributed by atoms with Crippen LogP contribution < -0.4 is 5.32 Å². The maximum atomic E-state index is 12.7. The first-order valence-electron chi connectivity index (χ1n) is 7.81. The summed E-state index contributed by atoms with van der Waals surface area (Å²) in [5.74, 6) is 0.851. The minimum atomic E-state index is -0.262. The summed E-state index contributed by atoms with van der Waals surface area (Å²) in [6.45, 7) is 7.58. The molecule has 0 aliphatic carbocycles.